The second-order valence-electron chi connectivity index (χ2n) is 6.90. The minimum Gasteiger partial charge on any atom is -0.340 e. The lowest BCUT2D eigenvalue weighted by atomic mass is 10.3. The first-order valence-corrected chi connectivity index (χ1v) is 9.15. The molecule has 2 heterocycles. The molecular formula is C20H21F2N5O. The maximum Gasteiger partial charge on any atom is 0.238 e. The minimum absolute atomic E-state index is 0.193. The molecule has 1 aliphatic heterocycles. The molecule has 8 heteroatoms. The summed E-state index contributed by atoms with van der Waals surface area (Å²) in [7, 11) is 1.87. The van der Waals surface area contributed by atoms with E-state index < -0.39 is 5.82 Å². The van der Waals surface area contributed by atoms with Crippen LogP contribution in [0.15, 0.2) is 42.5 Å². The Labute approximate surface area is 161 Å². The van der Waals surface area contributed by atoms with E-state index in [9.17, 15) is 13.6 Å². The molecule has 6 nitrogen and oxygen atoms in total. The molecule has 0 radical (unpaired) electrons. The van der Waals surface area contributed by atoms with E-state index in [1.54, 1.807) is 24.3 Å². The Morgan fingerprint density at radius 1 is 1.11 bits per heavy atom. The zero-order valence-electron chi connectivity index (χ0n) is 15.5. The number of hydrogen-bond acceptors (Lipinski definition) is 4. The molecule has 0 saturated carbocycles. The number of piperazine rings is 1. The Morgan fingerprint density at radius 3 is 2.61 bits per heavy atom. The van der Waals surface area contributed by atoms with Gasteiger partial charge in [0.2, 0.25) is 11.9 Å². The predicted octanol–water partition coefficient (Wildman–Crippen LogP) is 2.61. The molecule has 1 aromatic heterocycles. The van der Waals surface area contributed by atoms with Gasteiger partial charge in [-0.25, -0.2) is 13.8 Å². The number of carbonyl (C=O) groups is 1. The number of para-hydroxylation sites is 1. The van der Waals surface area contributed by atoms with Gasteiger partial charge in [-0.1, -0.05) is 12.1 Å². The number of aryl methyl sites for hydroxylation is 1. The first-order valence-electron chi connectivity index (χ1n) is 9.15. The van der Waals surface area contributed by atoms with Gasteiger partial charge in [-0.3, -0.25) is 9.69 Å². The van der Waals surface area contributed by atoms with Crippen molar-refractivity contribution in [3.8, 4) is 0 Å². The normalized spacial score (nSPS) is 15.2. The number of amides is 1. The van der Waals surface area contributed by atoms with Gasteiger partial charge in [0.25, 0.3) is 0 Å². The Morgan fingerprint density at radius 2 is 1.86 bits per heavy atom. The number of carbonyl (C=O) groups excluding carboxylic acids is 1. The summed E-state index contributed by atoms with van der Waals surface area (Å²) in [5, 5.41) is 2.61. The molecule has 146 valence electrons. The smallest absolute Gasteiger partial charge is 0.238 e. The second kappa shape index (κ2) is 7.55. The maximum absolute atomic E-state index is 13.7. The molecule has 0 unspecified atom stereocenters. The van der Waals surface area contributed by atoms with Gasteiger partial charge in [0.1, 0.15) is 11.6 Å². The average molecular weight is 385 g/mol. The number of hydrogen-bond donors (Lipinski definition) is 1. The van der Waals surface area contributed by atoms with Crippen molar-refractivity contribution < 1.29 is 13.6 Å². The van der Waals surface area contributed by atoms with Gasteiger partial charge in [0, 0.05) is 33.2 Å². The van der Waals surface area contributed by atoms with Crippen LogP contribution in [0.3, 0.4) is 0 Å². The van der Waals surface area contributed by atoms with Crippen molar-refractivity contribution in [2.45, 2.75) is 0 Å². The van der Waals surface area contributed by atoms with E-state index in [0.29, 0.717) is 26.2 Å². The standard InChI is InChI=1S/C20H21F2N5O/c1-25-18-12-14(21)6-7-17(18)24-20(25)27-10-8-26(9-11-27)13-19(28)23-16-5-3-2-4-15(16)22/h2-7,12H,8-11,13H2,1H3,(H,23,28). The predicted molar refractivity (Wildman–Crippen MR) is 104 cm³/mol. The van der Waals surface area contributed by atoms with Crippen molar-refractivity contribution in [3.05, 3.63) is 54.1 Å². The van der Waals surface area contributed by atoms with E-state index in [1.165, 1.54) is 18.2 Å². The number of benzene rings is 2. The Kier molecular flexibility index (Phi) is 4.95. The van der Waals surface area contributed by atoms with Crippen LogP contribution in [0, 0.1) is 11.6 Å². The highest BCUT2D eigenvalue weighted by molar-refractivity contribution is 5.92. The molecule has 1 aliphatic rings. The summed E-state index contributed by atoms with van der Waals surface area (Å²) < 4.78 is 29.0. The fraction of sp³-hybridized carbons (Fsp3) is 0.300. The topological polar surface area (TPSA) is 53.4 Å². The first-order chi connectivity index (χ1) is 13.5. The van der Waals surface area contributed by atoms with Crippen LogP contribution in [0.5, 0.6) is 0 Å². The van der Waals surface area contributed by atoms with Gasteiger partial charge < -0.3 is 14.8 Å². The van der Waals surface area contributed by atoms with E-state index in [0.717, 1.165) is 17.0 Å². The summed E-state index contributed by atoms with van der Waals surface area (Å²) in [5.41, 5.74) is 1.70. The molecular weight excluding hydrogens is 364 g/mol. The number of nitrogens with one attached hydrogen (secondary N) is 1. The first kappa shape index (κ1) is 18.4. The molecule has 0 bridgehead atoms. The SMILES string of the molecule is Cn1c(N2CCN(CC(=O)Nc3ccccc3F)CC2)nc2ccc(F)cc21. The highest BCUT2D eigenvalue weighted by Crippen LogP contribution is 2.23. The van der Waals surface area contributed by atoms with Gasteiger partial charge in [-0.05, 0) is 30.3 Å². The third kappa shape index (κ3) is 3.68. The van der Waals surface area contributed by atoms with Crippen LogP contribution in [0.25, 0.3) is 11.0 Å². The molecule has 4 rings (SSSR count). The van der Waals surface area contributed by atoms with Crippen LogP contribution in [-0.2, 0) is 11.8 Å². The van der Waals surface area contributed by atoms with E-state index in [1.807, 2.05) is 16.5 Å². The molecule has 2 aromatic carbocycles. The molecule has 0 aliphatic carbocycles. The van der Waals surface area contributed by atoms with Crippen LogP contribution in [0.4, 0.5) is 20.4 Å². The molecule has 1 amide bonds. The van der Waals surface area contributed by atoms with Crippen LogP contribution in [0.2, 0.25) is 0 Å². The lowest BCUT2D eigenvalue weighted by Gasteiger charge is -2.34. The fourth-order valence-electron chi connectivity index (χ4n) is 3.49. The maximum atomic E-state index is 13.7. The van der Waals surface area contributed by atoms with E-state index in [-0.39, 0.29) is 24.0 Å². The van der Waals surface area contributed by atoms with Gasteiger partial charge in [-0.2, -0.15) is 0 Å². The van der Waals surface area contributed by atoms with E-state index in [2.05, 4.69) is 15.2 Å². The summed E-state index contributed by atoms with van der Waals surface area (Å²) in [6.07, 6.45) is 0. The van der Waals surface area contributed by atoms with Crippen LogP contribution < -0.4 is 10.2 Å². The lowest BCUT2D eigenvalue weighted by Crippen LogP contribution is -2.49. The molecule has 1 saturated heterocycles. The van der Waals surface area contributed by atoms with Crippen molar-refractivity contribution in [1.29, 1.82) is 0 Å². The van der Waals surface area contributed by atoms with Gasteiger partial charge in [0.05, 0.1) is 23.3 Å². The van der Waals surface area contributed by atoms with Crippen molar-refractivity contribution >= 4 is 28.6 Å². The average Bonchev–Trinajstić information content (AvgIpc) is 3.00. The number of fused-ring (bicyclic) bond motifs is 1. The third-order valence-corrected chi connectivity index (χ3v) is 4.99. The quantitative estimate of drug-likeness (QED) is 0.750. The monoisotopic (exact) mass is 385 g/mol. The number of halogens is 2. The van der Waals surface area contributed by atoms with Crippen LogP contribution in [0.1, 0.15) is 0 Å². The summed E-state index contributed by atoms with van der Waals surface area (Å²) in [4.78, 5) is 21.0. The number of rotatable bonds is 4. The zero-order valence-corrected chi connectivity index (χ0v) is 15.5. The van der Waals surface area contributed by atoms with Gasteiger partial charge in [0.15, 0.2) is 0 Å². The van der Waals surface area contributed by atoms with Gasteiger partial charge >= 0.3 is 0 Å². The number of nitrogens with zero attached hydrogens (tertiary/aromatic N) is 4. The van der Waals surface area contributed by atoms with Crippen molar-refractivity contribution in [2.75, 3.05) is 42.9 Å². The van der Waals surface area contributed by atoms with E-state index in [4.69, 9.17) is 0 Å². The van der Waals surface area contributed by atoms with Crippen molar-refractivity contribution in [2.24, 2.45) is 7.05 Å². The minimum atomic E-state index is -0.445. The summed E-state index contributed by atoms with van der Waals surface area (Å²) in [5.74, 6) is -0.181. The van der Waals surface area contributed by atoms with Crippen LogP contribution in [-0.4, -0.2) is 53.1 Å². The van der Waals surface area contributed by atoms with Gasteiger partial charge in [-0.15, -0.1) is 0 Å². The molecule has 3 aromatic rings. The highest BCUT2D eigenvalue weighted by atomic mass is 19.1. The van der Waals surface area contributed by atoms with Crippen molar-refractivity contribution in [3.63, 3.8) is 0 Å². The molecule has 0 spiro atoms. The fourth-order valence-corrected chi connectivity index (χ4v) is 3.49. The Balaban J connectivity index is 1.36. The Bertz CT molecular complexity index is 1010. The van der Waals surface area contributed by atoms with E-state index >= 15 is 0 Å². The number of aromatic nitrogens is 2. The summed E-state index contributed by atoms with van der Waals surface area (Å²) in [6, 6.07) is 10.7. The Hall–Kier alpha value is -3.00. The largest absolute Gasteiger partial charge is 0.340 e. The summed E-state index contributed by atoms with van der Waals surface area (Å²) in [6.45, 7) is 2.97. The number of imidazole rings is 1. The third-order valence-electron chi connectivity index (χ3n) is 4.99. The second-order valence-corrected chi connectivity index (χ2v) is 6.90. The zero-order chi connectivity index (χ0) is 19.7. The lowest BCUT2D eigenvalue weighted by molar-refractivity contribution is -0.117. The van der Waals surface area contributed by atoms with Crippen molar-refractivity contribution in [1.82, 2.24) is 14.5 Å². The molecule has 0 atom stereocenters. The molecule has 28 heavy (non-hydrogen) atoms. The highest BCUT2D eigenvalue weighted by Gasteiger charge is 2.23. The number of anilines is 2. The molecule has 1 fully saturated rings. The molecule has 1 N–H and O–H groups in total. The summed E-state index contributed by atoms with van der Waals surface area (Å²) >= 11 is 0. The van der Waals surface area contributed by atoms with Crippen LogP contribution >= 0.6 is 0 Å².